The molecule has 0 heterocycles. The van der Waals surface area contributed by atoms with Crippen LogP contribution in [0.1, 0.15) is 0 Å². The predicted octanol–water partition coefficient (Wildman–Crippen LogP) is -1.18. The average molecular weight is 265 g/mol. The van der Waals surface area contributed by atoms with Crippen molar-refractivity contribution in [3.63, 3.8) is 0 Å². The molecule has 0 bridgehead atoms. The van der Waals surface area contributed by atoms with Gasteiger partial charge in [-0.25, -0.2) is 4.79 Å². The molecule has 18 heavy (non-hydrogen) atoms. The Balaban J connectivity index is -0.000000750. The maximum absolute atomic E-state index is 11.1. The molecule has 0 unspecified atom stereocenters. The second-order valence-corrected chi connectivity index (χ2v) is 2.78. The number of carboxylic acids is 1. The van der Waals surface area contributed by atoms with Crippen LogP contribution >= 0.6 is 0 Å². The zero-order valence-corrected chi connectivity index (χ0v) is 11.8. The fourth-order valence-electron chi connectivity index (χ4n) is 0.897. The number of amides is 1. The van der Waals surface area contributed by atoms with E-state index in [1.165, 1.54) is 0 Å². The molecule has 0 aliphatic heterocycles. The van der Waals surface area contributed by atoms with Crippen molar-refractivity contribution in [1.82, 2.24) is 0 Å². The molecular weight excluding hydrogens is 251 g/mol. The van der Waals surface area contributed by atoms with Crippen molar-refractivity contribution in [3.8, 4) is 0 Å². The monoisotopic (exact) mass is 265 g/mol. The van der Waals surface area contributed by atoms with Gasteiger partial charge >= 0.3 is 5.97 Å². The van der Waals surface area contributed by atoms with Crippen LogP contribution in [0, 0.1) is 0 Å². The molecule has 8 N–H and O–H groups in total. The van der Waals surface area contributed by atoms with Crippen LogP contribution in [0.3, 0.4) is 0 Å². The van der Waals surface area contributed by atoms with E-state index in [1.807, 2.05) is 0 Å². The summed E-state index contributed by atoms with van der Waals surface area (Å²) in [6.45, 7) is 0. The minimum absolute atomic E-state index is 0. The van der Waals surface area contributed by atoms with E-state index >= 15 is 0 Å². The number of carboxylic acid groups (broad SMARTS) is 1. The Morgan fingerprint density at radius 2 is 1.61 bits per heavy atom. The summed E-state index contributed by atoms with van der Waals surface area (Å²) in [5.41, 5.74) is 6.60. The maximum Gasteiger partial charge on any atom is 0.328 e. The van der Waals surface area contributed by atoms with E-state index in [-0.39, 0.29) is 40.5 Å². The Hall–Kier alpha value is -1.38. The van der Waals surface area contributed by atoms with Crippen LogP contribution in [0.2, 0.25) is 0 Å². The molecule has 0 atom stereocenters. The number of nitrogens with two attached hydrogens (primary N) is 1. The summed E-state index contributed by atoms with van der Waals surface area (Å²) in [5.74, 6) is -1.66. The molecule has 1 aromatic rings. The third-order valence-corrected chi connectivity index (χ3v) is 1.56. The number of hydrogen-bond donors (Lipinski definition) is 3. The molecule has 7 nitrogen and oxygen atoms in total. The molecule has 1 amide bonds. The van der Waals surface area contributed by atoms with Crippen LogP contribution in [-0.2, 0) is 9.59 Å². The van der Waals surface area contributed by atoms with Crippen LogP contribution < -0.4 is 11.1 Å². The van der Waals surface area contributed by atoms with Crippen molar-refractivity contribution >= 4 is 52.8 Å². The normalized spacial score (nSPS) is 8.44. The van der Waals surface area contributed by atoms with Crippen molar-refractivity contribution in [3.05, 3.63) is 36.4 Å². The first-order valence-corrected chi connectivity index (χ1v) is 4.15. The van der Waals surface area contributed by atoms with Crippen LogP contribution in [0.5, 0.6) is 0 Å². The number of hydrogen-bond acceptors (Lipinski definition) is 3. The number of nitrogen functional groups attached to an aromatic ring is 1. The Bertz CT molecular complexity index is 405. The van der Waals surface area contributed by atoms with Gasteiger partial charge < -0.3 is 27.1 Å². The third kappa shape index (κ3) is 8.74. The number of carbonyl (C=O) groups is 2. The van der Waals surface area contributed by atoms with Gasteiger partial charge in [0.05, 0.1) is 0 Å². The summed E-state index contributed by atoms with van der Waals surface area (Å²) in [4.78, 5) is 21.2. The minimum atomic E-state index is -1.16. The van der Waals surface area contributed by atoms with Gasteiger partial charge in [0.15, 0.2) is 0 Å². The van der Waals surface area contributed by atoms with Crippen LogP contribution in [0.4, 0.5) is 11.4 Å². The zero-order valence-electron chi connectivity index (χ0n) is 9.81. The number of anilines is 2. The Morgan fingerprint density at radius 3 is 2.06 bits per heavy atom. The summed E-state index contributed by atoms with van der Waals surface area (Å²) in [5, 5.41) is 10.8. The van der Waals surface area contributed by atoms with Crippen molar-refractivity contribution in [2.75, 3.05) is 11.1 Å². The van der Waals surface area contributed by atoms with Gasteiger partial charge in [-0.3, -0.25) is 4.79 Å². The topological polar surface area (TPSA) is 155 Å². The number of aliphatic carboxylic acids is 1. The molecule has 0 fully saturated rings. The van der Waals surface area contributed by atoms with E-state index in [1.54, 1.807) is 24.3 Å². The van der Waals surface area contributed by atoms with Gasteiger partial charge in [-0.1, -0.05) is 0 Å². The molecule has 0 spiro atoms. The molecule has 0 aliphatic carbocycles. The first kappa shape index (κ1) is 21.9. The zero-order chi connectivity index (χ0) is 11.3. The molecule has 1 radical (unpaired) electrons. The number of carbonyl (C=O) groups excluding carboxylic acids is 1. The first-order chi connectivity index (χ1) is 7.08. The van der Waals surface area contributed by atoms with Gasteiger partial charge in [-0.2, -0.15) is 0 Å². The smallest absolute Gasteiger partial charge is 0.328 e. The van der Waals surface area contributed by atoms with Crippen molar-refractivity contribution in [1.29, 1.82) is 0 Å². The van der Waals surface area contributed by atoms with Gasteiger partial charge in [0, 0.05) is 53.1 Å². The second-order valence-electron chi connectivity index (χ2n) is 2.78. The van der Waals surface area contributed by atoms with E-state index in [9.17, 15) is 9.59 Å². The number of rotatable bonds is 3. The first-order valence-electron chi connectivity index (χ1n) is 4.15. The third-order valence-electron chi connectivity index (χ3n) is 1.56. The minimum Gasteiger partial charge on any atom is -0.478 e. The largest absolute Gasteiger partial charge is 0.478 e. The van der Waals surface area contributed by atoms with Gasteiger partial charge in [0.25, 0.3) is 0 Å². The van der Waals surface area contributed by atoms with E-state index in [0.29, 0.717) is 11.4 Å². The molecule has 0 aliphatic rings. The van der Waals surface area contributed by atoms with Crippen LogP contribution in [-0.4, -0.2) is 57.5 Å². The summed E-state index contributed by atoms with van der Waals surface area (Å²) < 4.78 is 0. The molecule has 0 saturated heterocycles. The molecule has 0 aromatic heterocycles. The van der Waals surface area contributed by atoms with Crippen molar-refractivity contribution in [2.24, 2.45) is 0 Å². The van der Waals surface area contributed by atoms with Crippen molar-refractivity contribution < 1.29 is 25.6 Å². The van der Waals surface area contributed by atoms with Crippen molar-refractivity contribution in [2.45, 2.75) is 0 Å². The predicted molar refractivity (Wildman–Crippen MR) is 69.2 cm³/mol. The standard InChI is InChI=1S/C10H10N2O3.Na.2H2O/c11-7-1-3-8(4-2-7)12-9(13)5-6-10(14)15;;;/h1-6H,11H2,(H,12,13)(H,14,15);;2*1H2/b6-5-;;;. The second kappa shape index (κ2) is 10.8. The van der Waals surface area contributed by atoms with Gasteiger partial charge in [-0.05, 0) is 24.3 Å². The Kier molecular flexibility index (Phi) is 13.1. The van der Waals surface area contributed by atoms with Gasteiger partial charge in [-0.15, -0.1) is 0 Å². The summed E-state index contributed by atoms with van der Waals surface area (Å²) in [6, 6.07) is 6.52. The quantitative estimate of drug-likeness (QED) is 0.357. The fourth-order valence-corrected chi connectivity index (χ4v) is 0.897. The Morgan fingerprint density at radius 1 is 1.11 bits per heavy atom. The van der Waals surface area contributed by atoms with E-state index in [2.05, 4.69) is 5.32 Å². The van der Waals surface area contributed by atoms with Gasteiger partial charge in [0.2, 0.25) is 5.91 Å². The molecule has 8 heteroatoms. The maximum atomic E-state index is 11.1. The van der Waals surface area contributed by atoms with Crippen LogP contribution in [0.25, 0.3) is 0 Å². The summed E-state index contributed by atoms with van der Waals surface area (Å²) in [7, 11) is 0. The molecular formula is C10H14N2NaO5. The SMILES string of the molecule is Nc1ccc(NC(=O)/C=C\C(=O)O)cc1.O.O.[Na]. The Labute approximate surface area is 126 Å². The molecule has 0 saturated carbocycles. The number of benzene rings is 1. The number of nitrogens with one attached hydrogen (secondary N) is 1. The summed E-state index contributed by atoms with van der Waals surface area (Å²) >= 11 is 0. The van der Waals surface area contributed by atoms with E-state index < -0.39 is 11.9 Å². The summed E-state index contributed by atoms with van der Waals surface area (Å²) in [6.07, 6.45) is 1.71. The van der Waals surface area contributed by atoms with Crippen LogP contribution in [0.15, 0.2) is 36.4 Å². The van der Waals surface area contributed by atoms with E-state index in [4.69, 9.17) is 10.8 Å². The average Bonchev–Trinajstić information content (AvgIpc) is 2.19. The molecule has 1 aromatic carbocycles. The van der Waals surface area contributed by atoms with E-state index in [0.717, 1.165) is 12.2 Å². The fraction of sp³-hybridized carbons (Fsp3) is 0. The molecule has 1 rings (SSSR count). The molecule has 95 valence electrons. The van der Waals surface area contributed by atoms with Gasteiger partial charge in [0.1, 0.15) is 0 Å².